The van der Waals surface area contributed by atoms with Gasteiger partial charge in [-0.05, 0) is 74.5 Å². The summed E-state index contributed by atoms with van der Waals surface area (Å²) in [4.78, 5) is 16.1. The van der Waals surface area contributed by atoms with Gasteiger partial charge in [-0.15, -0.1) is 12.4 Å². The molecule has 3 rings (SSSR count). The van der Waals surface area contributed by atoms with E-state index in [1.165, 1.54) is 31.0 Å². The molecule has 1 fully saturated rings. The molecule has 25 heavy (non-hydrogen) atoms. The molecule has 1 aromatic carbocycles. The van der Waals surface area contributed by atoms with Crippen LogP contribution in [-0.2, 0) is 6.42 Å². The molecular weight excluding hydrogens is 357 g/mol. The van der Waals surface area contributed by atoms with Crippen molar-refractivity contribution < 1.29 is 4.79 Å². The predicted octanol–water partition coefficient (Wildman–Crippen LogP) is 4.34. The number of benzene rings is 1. The summed E-state index contributed by atoms with van der Waals surface area (Å²) in [6.45, 7) is 2.30. The van der Waals surface area contributed by atoms with E-state index in [-0.39, 0.29) is 18.3 Å². The molecule has 6 heteroatoms. The van der Waals surface area contributed by atoms with Crippen LogP contribution in [0.25, 0.3) is 0 Å². The van der Waals surface area contributed by atoms with Crippen molar-refractivity contribution >= 4 is 35.6 Å². The normalized spacial score (nSPS) is 16.8. The summed E-state index contributed by atoms with van der Waals surface area (Å²) in [7, 11) is 0. The van der Waals surface area contributed by atoms with Gasteiger partial charge in [0.05, 0.1) is 5.02 Å². The van der Waals surface area contributed by atoms with E-state index >= 15 is 0 Å². The van der Waals surface area contributed by atoms with Crippen LogP contribution in [0.4, 0.5) is 5.69 Å². The number of rotatable bonds is 5. The first kappa shape index (κ1) is 19.7. The topological polar surface area (TPSA) is 54.0 Å². The van der Waals surface area contributed by atoms with Gasteiger partial charge in [0.15, 0.2) is 0 Å². The fraction of sp³-hybridized carbons (Fsp3) is 0.368. The zero-order valence-electron chi connectivity index (χ0n) is 14.0. The Morgan fingerprint density at radius 1 is 1.24 bits per heavy atom. The Bertz CT molecular complexity index is 668. The summed E-state index contributed by atoms with van der Waals surface area (Å²) < 4.78 is 0. The molecule has 1 atom stereocenters. The minimum Gasteiger partial charge on any atom is -0.321 e. The Hall–Kier alpha value is -1.62. The van der Waals surface area contributed by atoms with Gasteiger partial charge >= 0.3 is 0 Å². The van der Waals surface area contributed by atoms with Crippen LogP contribution in [0.15, 0.2) is 42.6 Å². The molecule has 0 spiro atoms. The second-order valence-electron chi connectivity index (χ2n) is 6.26. The van der Waals surface area contributed by atoms with Crippen LogP contribution in [0, 0.1) is 5.92 Å². The maximum Gasteiger partial charge on any atom is 0.274 e. The second-order valence-corrected chi connectivity index (χ2v) is 6.70. The number of hydrogen-bond acceptors (Lipinski definition) is 3. The van der Waals surface area contributed by atoms with E-state index in [2.05, 4.69) is 27.8 Å². The zero-order valence-corrected chi connectivity index (χ0v) is 15.6. The molecule has 4 nitrogen and oxygen atoms in total. The molecule has 0 unspecified atom stereocenters. The van der Waals surface area contributed by atoms with Crippen molar-refractivity contribution in [2.75, 3.05) is 18.4 Å². The van der Waals surface area contributed by atoms with E-state index in [0.29, 0.717) is 10.7 Å². The number of carbonyl (C=O) groups is 1. The molecular formula is C19H23Cl2N3O. The Morgan fingerprint density at radius 2 is 2.04 bits per heavy atom. The maximum atomic E-state index is 12.1. The van der Waals surface area contributed by atoms with Crippen molar-refractivity contribution in [2.45, 2.75) is 25.7 Å². The molecule has 0 saturated carbocycles. The third-order valence-corrected chi connectivity index (χ3v) is 4.64. The molecule has 1 saturated heterocycles. The van der Waals surface area contributed by atoms with Gasteiger partial charge in [0.2, 0.25) is 0 Å². The zero-order chi connectivity index (χ0) is 16.8. The summed E-state index contributed by atoms with van der Waals surface area (Å²) in [5.74, 6) is 0.557. The molecule has 2 heterocycles. The second kappa shape index (κ2) is 9.76. The average Bonchev–Trinajstić information content (AvgIpc) is 2.62. The molecule has 0 radical (unpaired) electrons. The Balaban J connectivity index is 0.00000225. The van der Waals surface area contributed by atoms with Crippen molar-refractivity contribution in [1.29, 1.82) is 0 Å². The molecule has 2 N–H and O–H groups in total. The summed E-state index contributed by atoms with van der Waals surface area (Å²) in [5.41, 5.74) is 2.44. The summed E-state index contributed by atoms with van der Waals surface area (Å²) >= 11 is 5.78. The lowest BCUT2D eigenvalue weighted by atomic mass is 9.93. The van der Waals surface area contributed by atoms with Crippen LogP contribution in [0.3, 0.4) is 0 Å². The van der Waals surface area contributed by atoms with E-state index in [0.717, 1.165) is 31.1 Å². The third-order valence-electron chi connectivity index (χ3n) is 4.41. The maximum absolute atomic E-state index is 12.1. The lowest BCUT2D eigenvalue weighted by molar-refractivity contribution is 0.102. The van der Waals surface area contributed by atoms with Gasteiger partial charge in [0.1, 0.15) is 5.69 Å². The molecule has 1 amide bonds. The number of aryl methyl sites for hydroxylation is 1. The quantitative estimate of drug-likeness (QED) is 0.811. The number of nitrogens with zero attached hydrogens (tertiary/aromatic N) is 1. The summed E-state index contributed by atoms with van der Waals surface area (Å²) in [6.07, 6.45) is 6.38. The first-order chi connectivity index (χ1) is 11.7. The number of nitrogens with one attached hydrogen (secondary N) is 2. The fourth-order valence-electron chi connectivity index (χ4n) is 3.00. The molecule has 1 aliphatic rings. The number of aromatic nitrogens is 1. The first-order valence-corrected chi connectivity index (χ1v) is 8.81. The van der Waals surface area contributed by atoms with E-state index in [1.807, 2.05) is 12.1 Å². The highest BCUT2D eigenvalue weighted by Gasteiger charge is 2.12. The van der Waals surface area contributed by atoms with E-state index in [1.54, 1.807) is 12.1 Å². The van der Waals surface area contributed by atoms with E-state index in [4.69, 9.17) is 11.6 Å². The van der Waals surface area contributed by atoms with Gasteiger partial charge in [0.25, 0.3) is 5.91 Å². The average molecular weight is 380 g/mol. The van der Waals surface area contributed by atoms with Crippen LogP contribution in [0.2, 0.25) is 5.02 Å². The van der Waals surface area contributed by atoms with E-state index < -0.39 is 0 Å². The van der Waals surface area contributed by atoms with Crippen molar-refractivity contribution in [3.8, 4) is 0 Å². The fourth-order valence-corrected chi connectivity index (χ4v) is 3.11. The third kappa shape index (κ3) is 5.99. The highest BCUT2D eigenvalue weighted by molar-refractivity contribution is 6.30. The molecule has 134 valence electrons. The monoisotopic (exact) mass is 379 g/mol. The SMILES string of the molecule is Cl.O=C(Nc1ccc(CC[C@@H]2CCCNC2)cc1)c1ccc(Cl)cn1. The predicted molar refractivity (Wildman–Crippen MR) is 105 cm³/mol. The van der Waals surface area contributed by atoms with Gasteiger partial charge < -0.3 is 10.6 Å². The minimum atomic E-state index is -0.229. The Morgan fingerprint density at radius 3 is 2.68 bits per heavy atom. The minimum absolute atomic E-state index is 0. The lowest BCUT2D eigenvalue weighted by Crippen LogP contribution is -2.29. The van der Waals surface area contributed by atoms with Gasteiger partial charge in [-0.3, -0.25) is 4.79 Å². The Labute approximate surface area is 159 Å². The number of pyridine rings is 1. The van der Waals surface area contributed by atoms with Gasteiger partial charge in [-0.2, -0.15) is 0 Å². The summed E-state index contributed by atoms with van der Waals surface area (Å²) in [5, 5.41) is 6.83. The van der Waals surface area contributed by atoms with Crippen molar-refractivity contribution in [2.24, 2.45) is 5.92 Å². The van der Waals surface area contributed by atoms with Crippen molar-refractivity contribution in [1.82, 2.24) is 10.3 Å². The van der Waals surface area contributed by atoms with E-state index in [9.17, 15) is 4.79 Å². The van der Waals surface area contributed by atoms with Crippen LogP contribution in [-0.4, -0.2) is 24.0 Å². The summed E-state index contributed by atoms with van der Waals surface area (Å²) in [6, 6.07) is 11.3. The van der Waals surface area contributed by atoms with Crippen LogP contribution < -0.4 is 10.6 Å². The lowest BCUT2D eigenvalue weighted by Gasteiger charge is -2.22. The smallest absolute Gasteiger partial charge is 0.274 e. The van der Waals surface area contributed by atoms with Crippen LogP contribution >= 0.6 is 24.0 Å². The number of halogens is 2. The molecule has 0 aliphatic carbocycles. The van der Waals surface area contributed by atoms with Crippen molar-refractivity contribution in [3.63, 3.8) is 0 Å². The largest absolute Gasteiger partial charge is 0.321 e. The van der Waals surface area contributed by atoms with Gasteiger partial charge in [-0.1, -0.05) is 23.7 Å². The molecule has 2 aromatic rings. The van der Waals surface area contributed by atoms with Crippen molar-refractivity contribution in [3.05, 3.63) is 58.9 Å². The number of hydrogen-bond donors (Lipinski definition) is 2. The van der Waals surface area contributed by atoms with Gasteiger partial charge in [-0.25, -0.2) is 4.98 Å². The van der Waals surface area contributed by atoms with Gasteiger partial charge in [0, 0.05) is 11.9 Å². The number of piperidine rings is 1. The number of amides is 1. The highest BCUT2D eigenvalue weighted by Crippen LogP contribution is 2.18. The first-order valence-electron chi connectivity index (χ1n) is 8.43. The number of anilines is 1. The Kier molecular flexibility index (Phi) is 7.69. The standard InChI is InChI=1S/C19H22ClN3O.ClH/c20-16-7-10-18(22-13-16)19(24)23-17-8-5-14(6-9-17)3-4-15-2-1-11-21-12-15;/h5-10,13,15,21H,1-4,11-12H2,(H,23,24);1H/t15-;/m0./s1. The van der Waals surface area contributed by atoms with Crippen LogP contribution in [0.1, 0.15) is 35.3 Å². The molecule has 1 aliphatic heterocycles. The molecule has 0 bridgehead atoms. The molecule has 1 aromatic heterocycles. The number of carbonyl (C=O) groups excluding carboxylic acids is 1. The van der Waals surface area contributed by atoms with Crippen LogP contribution in [0.5, 0.6) is 0 Å². The highest BCUT2D eigenvalue weighted by atomic mass is 35.5.